The van der Waals surface area contributed by atoms with Crippen molar-refractivity contribution in [3.05, 3.63) is 59.7 Å². The van der Waals surface area contributed by atoms with E-state index in [1.807, 2.05) is 6.07 Å². The number of hydrogen-bond acceptors (Lipinski definition) is 2. The number of hydrazine groups is 1. The van der Waals surface area contributed by atoms with Gasteiger partial charge in [-0.25, -0.2) is 14.2 Å². The van der Waals surface area contributed by atoms with Gasteiger partial charge in [0.25, 0.3) is 6.43 Å². The zero-order valence-corrected chi connectivity index (χ0v) is 13.9. The van der Waals surface area contributed by atoms with E-state index in [9.17, 15) is 8.78 Å². The molecule has 0 unspecified atom stereocenters. The largest absolute Gasteiger partial charge is 0.305 e. The Morgan fingerprint density at radius 2 is 1.61 bits per heavy atom. The average Bonchev–Trinajstić information content (AvgIpc) is 2.56. The molecule has 0 spiro atoms. The van der Waals surface area contributed by atoms with E-state index in [1.165, 1.54) is 36.3 Å². The lowest BCUT2D eigenvalue weighted by Gasteiger charge is -2.04. The minimum atomic E-state index is -2.54. The van der Waals surface area contributed by atoms with Crippen LogP contribution in [0.3, 0.4) is 0 Å². The monoisotopic (exact) mass is 319 g/mol. The van der Waals surface area contributed by atoms with E-state index in [0.717, 1.165) is 0 Å². The van der Waals surface area contributed by atoms with Crippen LogP contribution in [0, 0.1) is 13.8 Å². The molecule has 2 aromatic carbocycles. The maximum atomic E-state index is 11.7. The van der Waals surface area contributed by atoms with Gasteiger partial charge in [0.15, 0.2) is 5.84 Å². The number of nitrogens with one attached hydrogen (secondary N) is 2. The van der Waals surface area contributed by atoms with Crippen molar-refractivity contribution in [1.82, 2.24) is 10.9 Å². The van der Waals surface area contributed by atoms with Gasteiger partial charge in [-0.05, 0) is 36.1 Å². The third-order valence-corrected chi connectivity index (χ3v) is 3.31. The third kappa shape index (κ3) is 6.16. The summed E-state index contributed by atoms with van der Waals surface area (Å²) in [5, 5.41) is 0. The predicted molar refractivity (Wildman–Crippen MR) is 92.9 cm³/mol. The number of halogens is 2. The second kappa shape index (κ2) is 9.69. The number of benzene rings is 2. The van der Waals surface area contributed by atoms with Crippen LogP contribution >= 0.6 is 0 Å². The molecule has 0 saturated heterocycles. The van der Waals surface area contributed by atoms with E-state index >= 15 is 0 Å². The van der Waals surface area contributed by atoms with Gasteiger partial charge in [-0.15, -0.1) is 0 Å². The summed E-state index contributed by atoms with van der Waals surface area (Å²) < 4.78 is 23.3. The quantitative estimate of drug-likeness (QED) is 0.510. The summed E-state index contributed by atoms with van der Waals surface area (Å²) in [5.74, 6) is -0.350. The second-order valence-electron chi connectivity index (χ2n) is 4.95. The van der Waals surface area contributed by atoms with Gasteiger partial charge in [0.1, 0.15) is 0 Å². The molecular weight excluding hydrogens is 296 g/mol. The van der Waals surface area contributed by atoms with Crippen molar-refractivity contribution in [2.75, 3.05) is 14.1 Å². The van der Waals surface area contributed by atoms with Crippen molar-refractivity contribution in [2.45, 2.75) is 20.3 Å². The molecule has 0 bridgehead atoms. The number of nitrogens with zero attached hydrogens (tertiary/aromatic N) is 1. The van der Waals surface area contributed by atoms with E-state index in [1.54, 1.807) is 0 Å². The molecule has 0 amide bonds. The Morgan fingerprint density at radius 3 is 2.04 bits per heavy atom. The van der Waals surface area contributed by atoms with Gasteiger partial charge in [-0.3, -0.25) is 4.99 Å². The van der Waals surface area contributed by atoms with Crippen molar-refractivity contribution >= 4 is 5.84 Å². The highest BCUT2D eigenvalue weighted by Crippen LogP contribution is 2.21. The summed E-state index contributed by atoms with van der Waals surface area (Å²) in [6.07, 6.45) is -2.54. The summed E-state index contributed by atoms with van der Waals surface area (Å²) in [4.78, 5) is 3.27. The van der Waals surface area contributed by atoms with Crippen molar-refractivity contribution < 1.29 is 8.78 Å². The first kappa shape index (κ1) is 18.8. The zero-order valence-electron chi connectivity index (χ0n) is 13.9. The van der Waals surface area contributed by atoms with Crippen molar-refractivity contribution in [3.63, 3.8) is 0 Å². The van der Waals surface area contributed by atoms with Crippen LogP contribution in [0.15, 0.2) is 53.5 Å². The summed E-state index contributed by atoms with van der Waals surface area (Å²) in [6, 6.07) is 17.1. The van der Waals surface area contributed by atoms with Crippen LogP contribution in [0.1, 0.15) is 11.1 Å². The molecule has 124 valence electrons. The number of hydrogen-bond donors (Lipinski definition) is 2. The Balaban J connectivity index is 0.000000257. The molecular formula is C18H23F2N3. The van der Waals surface area contributed by atoms with Crippen molar-refractivity contribution in [3.8, 4) is 11.1 Å². The first-order valence-electron chi connectivity index (χ1n) is 7.29. The summed E-state index contributed by atoms with van der Waals surface area (Å²) in [6.45, 7) is 4.30. The van der Waals surface area contributed by atoms with Crippen LogP contribution in [0.2, 0.25) is 0 Å². The second-order valence-corrected chi connectivity index (χ2v) is 4.95. The SMILES string of the molecule is CN=C(NNC)C(F)F.Cc1ccc(-c2ccccc2)cc1C. The highest BCUT2D eigenvalue weighted by atomic mass is 19.3. The maximum absolute atomic E-state index is 11.7. The minimum absolute atomic E-state index is 0.350. The highest BCUT2D eigenvalue weighted by Gasteiger charge is 2.09. The topological polar surface area (TPSA) is 36.4 Å². The van der Waals surface area contributed by atoms with Crippen LogP contribution < -0.4 is 10.9 Å². The fourth-order valence-corrected chi connectivity index (χ4v) is 1.89. The predicted octanol–water partition coefficient (Wildman–Crippen LogP) is 3.97. The molecule has 2 N–H and O–H groups in total. The van der Waals surface area contributed by atoms with Crippen molar-refractivity contribution in [1.29, 1.82) is 0 Å². The molecule has 0 fully saturated rings. The molecule has 0 aromatic heterocycles. The molecule has 0 aliphatic carbocycles. The highest BCUT2D eigenvalue weighted by molar-refractivity contribution is 5.84. The van der Waals surface area contributed by atoms with E-state index in [2.05, 4.69) is 72.2 Å². The molecule has 0 saturated carbocycles. The average molecular weight is 319 g/mol. The van der Waals surface area contributed by atoms with Gasteiger partial charge < -0.3 is 5.43 Å². The van der Waals surface area contributed by atoms with Gasteiger partial charge in [0.05, 0.1) is 0 Å². The standard InChI is InChI=1S/C14H14.C4H9F2N3/c1-11-8-9-14(10-12(11)2)13-6-4-3-5-7-13;1-7-4(3(5)6)9-8-2/h3-10H,1-2H3;3,8H,1-2H3,(H,7,9). The molecule has 23 heavy (non-hydrogen) atoms. The zero-order chi connectivity index (χ0) is 17.2. The molecule has 0 aliphatic heterocycles. The molecule has 2 aromatic rings. The van der Waals surface area contributed by atoms with Gasteiger partial charge in [0, 0.05) is 14.1 Å². The molecule has 2 rings (SSSR count). The first-order chi connectivity index (χ1) is 11.0. The van der Waals surface area contributed by atoms with Crippen LogP contribution in [0.25, 0.3) is 11.1 Å². The van der Waals surface area contributed by atoms with Gasteiger partial charge in [-0.2, -0.15) is 0 Å². The van der Waals surface area contributed by atoms with Gasteiger partial charge in [0.2, 0.25) is 0 Å². The molecule has 3 nitrogen and oxygen atoms in total. The number of amidine groups is 1. The number of aryl methyl sites for hydroxylation is 2. The smallest absolute Gasteiger partial charge is 0.295 e. The first-order valence-corrected chi connectivity index (χ1v) is 7.29. The third-order valence-electron chi connectivity index (χ3n) is 3.31. The molecule has 0 radical (unpaired) electrons. The Morgan fingerprint density at radius 1 is 0.957 bits per heavy atom. The van der Waals surface area contributed by atoms with Crippen LogP contribution in [0.4, 0.5) is 8.78 Å². The Bertz CT molecular complexity index is 625. The minimum Gasteiger partial charge on any atom is -0.305 e. The lowest BCUT2D eigenvalue weighted by atomic mass is 10.0. The fourth-order valence-electron chi connectivity index (χ4n) is 1.89. The molecule has 0 heterocycles. The fraction of sp³-hybridized carbons (Fsp3) is 0.278. The van der Waals surface area contributed by atoms with E-state index in [-0.39, 0.29) is 5.84 Å². The van der Waals surface area contributed by atoms with Crippen LogP contribution in [-0.2, 0) is 0 Å². The summed E-state index contributed by atoms with van der Waals surface area (Å²) in [5.41, 5.74) is 9.81. The summed E-state index contributed by atoms with van der Waals surface area (Å²) in [7, 11) is 2.79. The van der Waals surface area contributed by atoms with E-state index < -0.39 is 6.43 Å². The molecule has 0 aliphatic rings. The summed E-state index contributed by atoms with van der Waals surface area (Å²) >= 11 is 0. The van der Waals surface area contributed by atoms with E-state index in [0.29, 0.717) is 0 Å². The lowest BCUT2D eigenvalue weighted by molar-refractivity contribution is 0.219. The van der Waals surface area contributed by atoms with Gasteiger partial charge >= 0.3 is 0 Å². The Kier molecular flexibility index (Phi) is 7.91. The van der Waals surface area contributed by atoms with E-state index in [4.69, 9.17) is 0 Å². The Hall–Kier alpha value is -2.27. The number of aliphatic imine (C=N–C) groups is 1. The number of alkyl halides is 2. The normalized spacial score (nSPS) is 11.0. The van der Waals surface area contributed by atoms with Crippen molar-refractivity contribution in [2.24, 2.45) is 4.99 Å². The Labute approximate surface area is 136 Å². The van der Waals surface area contributed by atoms with Crippen LogP contribution in [0.5, 0.6) is 0 Å². The number of rotatable bonds is 3. The lowest BCUT2D eigenvalue weighted by Crippen LogP contribution is -2.38. The maximum Gasteiger partial charge on any atom is 0.295 e. The molecule has 5 heteroatoms. The van der Waals surface area contributed by atoms with Gasteiger partial charge in [-0.1, -0.05) is 48.5 Å². The van der Waals surface area contributed by atoms with Crippen LogP contribution in [-0.4, -0.2) is 26.4 Å². The molecule has 0 atom stereocenters.